The van der Waals surface area contributed by atoms with Crippen LogP contribution in [-0.4, -0.2) is 77.1 Å². The number of hydrogen-bond acceptors (Lipinski definition) is 6. The molecule has 0 bridgehead atoms. The third kappa shape index (κ3) is 3.80. The van der Waals surface area contributed by atoms with Crippen molar-refractivity contribution in [2.24, 2.45) is 0 Å². The van der Waals surface area contributed by atoms with Crippen LogP contribution in [0.1, 0.15) is 6.42 Å². The van der Waals surface area contributed by atoms with Crippen LogP contribution >= 0.6 is 0 Å². The number of rotatable bonds is 4. The highest BCUT2D eigenvalue weighted by atomic mass is 32.2. The lowest BCUT2D eigenvalue weighted by Gasteiger charge is -2.24. The molecule has 0 atom stereocenters. The molecule has 1 fully saturated rings. The van der Waals surface area contributed by atoms with E-state index in [1.54, 1.807) is 22.7 Å². The van der Waals surface area contributed by atoms with Gasteiger partial charge < -0.3 is 4.90 Å². The van der Waals surface area contributed by atoms with Crippen molar-refractivity contribution in [3.63, 3.8) is 0 Å². The molecule has 0 aliphatic carbocycles. The molecule has 11 heteroatoms. The summed E-state index contributed by atoms with van der Waals surface area (Å²) in [6.45, 7) is 2.03. The number of hydrogen-bond donors (Lipinski definition) is 0. The van der Waals surface area contributed by atoms with E-state index in [1.165, 1.54) is 34.8 Å². The first-order chi connectivity index (χ1) is 13.9. The lowest BCUT2D eigenvalue weighted by atomic mass is 10.2. The van der Waals surface area contributed by atoms with Crippen LogP contribution in [0, 0.1) is 5.82 Å². The van der Waals surface area contributed by atoms with Gasteiger partial charge in [0.2, 0.25) is 0 Å². The normalized spacial score (nSPS) is 16.5. The molecule has 0 N–H and O–H groups in total. The molecule has 1 aliphatic heterocycles. The van der Waals surface area contributed by atoms with Gasteiger partial charge in [0.25, 0.3) is 10.2 Å². The molecule has 4 rings (SSSR count). The molecule has 29 heavy (non-hydrogen) atoms. The van der Waals surface area contributed by atoms with Crippen molar-refractivity contribution in [2.75, 3.05) is 45.2 Å². The van der Waals surface area contributed by atoms with Gasteiger partial charge in [-0.05, 0) is 30.7 Å². The van der Waals surface area contributed by atoms with Crippen molar-refractivity contribution < 1.29 is 12.8 Å². The Bertz CT molecular complexity index is 1130. The fourth-order valence-corrected chi connectivity index (χ4v) is 4.47. The molecular formula is C18H22FN7O2S. The highest BCUT2D eigenvalue weighted by Gasteiger charge is 2.27. The Kier molecular flexibility index (Phi) is 5.19. The first-order valence-electron chi connectivity index (χ1n) is 9.27. The van der Waals surface area contributed by atoms with Gasteiger partial charge in [0.1, 0.15) is 11.6 Å². The average molecular weight is 419 g/mol. The Labute approximate surface area is 168 Å². The topological polar surface area (TPSA) is 86.9 Å². The second kappa shape index (κ2) is 7.65. The summed E-state index contributed by atoms with van der Waals surface area (Å²) < 4.78 is 42.8. The van der Waals surface area contributed by atoms with E-state index in [4.69, 9.17) is 0 Å². The molecule has 0 saturated carbocycles. The summed E-state index contributed by atoms with van der Waals surface area (Å²) in [6.07, 6.45) is 0.686. The summed E-state index contributed by atoms with van der Waals surface area (Å²) >= 11 is 0. The van der Waals surface area contributed by atoms with Gasteiger partial charge in [-0.15, -0.1) is 15.3 Å². The Balaban J connectivity index is 1.62. The molecule has 1 aliphatic rings. The highest BCUT2D eigenvalue weighted by molar-refractivity contribution is 7.86. The Morgan fingerprint density at radius 3 is 2.62 bits per heavy atom. The summed E-state index contributed by atoms with van der Waals surface area (Å²) in [4.78, 5) is 2.04. The van der Waals surface area contributed by atoms with Crippen LogP contribution in [-0.2, 0) is 10.2 Å². The minimum absolute atomic E-state index is 0.356. The predicted molar refractivity (Wildman–Crippen MR) is 107 cm³/mol. The zero-order valence-electron chi connectivity index (χ0n) is 16.2. The van der Waals surface area contributed by atoms with Gasteiger partial charge in [-0.1, -0.05) is 12.1 Å². The monoisotopic (exact) mass is 419 g/mol. The Morgan fingerprint density at radius 1 is 1.03 bits per heavy atom. The van der Waals surface area contributed by atoms with Crippen molar-refractivity contribution in [1.29, 1.82) is 0 Å². The summed E-state index contributed by atoms with van der Waals surface area (Å²) in [5, 5.41) is 12.9. The van der Waals surface area contributed by atoms with E-state index in [9.17, 15) is 12.8 Å². The second-order valence-electron chi connectivity index (χ2n) is 7.03. The maximum absolute atomic E-state index is 13.6. The number of nitrogens with zero attached hydrogens (tertiary/aromatic N) is 7. The fourth-order valence-electron chi connectivity index (χ4n) is 3.34. The molecule has 3 heterocycles. The van der Waals surface area contributed by atoms with Gasteiger partial charge in [-0.25, -0.2) is 4.39 Å². The third-order valence-corrected chi connectivity index (χ3v) is 6.84. The average Bonchev–Trinajstić information content (AvgIpc) is 2.95. The molecule has 0 radical (unpaired) electrons. The van der Waals surface area contributed by atoms with E-state index in [0.717, 1.165) is 0 Å². The van der Waals surface area contributed by atoms with Crippen LogP contribution in [0.2, 0.25) is 0 Å². The van der Waals surface area contributed by atoms with E-state index < -0.39 is 10.2 Å². The zero-order chi connectivity index (χ0) is 20.6. The Hall–Kier alpha value is -2.63. The van der Waals surface area contributed by atoms with Crippen LogP contribution in [0.3, 0.4) is 0 Å². The van der Waals surface area contributed by atoms with Crippen molar-refractivity contribution in [3.05, 3.63) is 42.2 Å². The van der Waals surface area contributed by atoms with Gasteiger partial charge in [-0.2, -0.15) is 21.5 Å². The van der Waals surface area contributed by atoms with E-state index in [1.807, 2.05) is 11.0 Å². The van der Waals surface area contributed by atoms with Crippen LogP contribution in [0.4, 0.5) is 10.2 Å². The quantitative estimate of drug-likeness (QED) is 0.633. The molecule has 0 amide bonds. The molecule has 0 spiro atoms. The molecule has 1 aromatic carbocycles. The van der Waals surface area contributed by atoms with E-state index >= 15 is 0 Å². The number of fused-ring (bicyclic) bond motifs is 1. The number of benzene rings is 1. The van der Waals surface area contributed by atoms with Gasteiger partial charge in [-0.3, -0.25) is 0 Å². The maximum atomic E-state index is 13.6. The van der Waals surface area contributed by atoms with Gasteiger partial charge in [0, 0.05) is 45.8 Å². The number of halogens is 1. The molecule has 9 nitrogen and oxygen atoms in total. The fraction of sp³-hybridized carbons (Fsp3) is 0.389. The summed E-state index contributed by atoms with van der Waals surface area (Å²) in [7, 11) is -0.372. The van der Waals surface area contributed by atoms with Crippen molar-refractivity contribution in [1.82, 2.24) is 28.4 Å². The summed E-state index contributed by atoms with van der Waals surface area (Å²) in [6, 6.07) is 9.78. The molecule has 0 unspecified atom stereocenters. The van der Waals surface area contributed by atoms with E-state index in [2.05, 4.69) is 15.3 Å². The van der Waals surface area contributed by atoms with Crippen LogP contribution in [0.15, 0.2) is 36.4 Å². The highest BCUT2D eigenvalue weighted by Crippen LogP contribution is 2.21. The van der Waals surface area contributed by atoms with Gasteiger partial charge in [0.05, 0.1) is 0 Å². The standard InChI is InChI=1S/C18H22FN7O2S/c1-23(2)29(27,28)25-10-4-9-24(11-12-25)17-8-7-16-20-21-18(26(16)22-17)14-5-3-6-15(19)13-14/h3,5-8,13H,4,9-12H2,1-2H3. The molecule has 2 aromatic heterocycles. The van der Waals surface area contributed by atoms with Crippen molar-refractivity contribution in [2.45, 2.75) is 6.42 Å². The van der Waals surface area contributed by atoms with Crippen LogP contribution < -0.4 is 4.90 Å². The third-order valence-electron chi connectivity index (χ3n) is 4.90. The van der Waals surface area contributed by atoms with Crippen molar-refractivity contribution >= 4 is 21.7 Å². The predicted octanol–water partition coefficient (Wildman–Crippen LogP) is 1.25. The molecule has 3 aromatic rings. The maximum Gasteiger partial charge on any atom is 0.281 e. The first-order valence-corrected chi connectivity index (χ1v) is 10.7. The second-order valence-corrected chi connectivity index (χ2v) is 9.17. The minimum Gasteiger partial charge on any atom is -0.354 e. The molecular weight excluding hydrogens is 397 g/mol. The van der Waals surface area contributed by atoms with Gasteiger partial charge >= 0.3 is 0 Å². The van der Waals surface area contributed by atoms with Gasteiger partial charge in [0.15, 0.2) is 11.5 Å². The number of aromatic nitrogens is 4. The lowest BCUT2D eigenvalue weighted by molar-refractivity contribution is 0.390. The summed E-state index contributed by atoms with van der Waals surface area (Å²) in [5.74, 6) is 0.789. The molecule has 154 valence electrons. The minimum atomic E-state index is -3.44. The van der Waals surface area contributed by atoms with E-state index in [0.29, 0.717) is 55.5 Å². The van der Waals surface area contributed by atoms with Crippen LogP contribution in [0.25, 0.3) is 17.0 Å². The smallest absolute Gasteiger partial charge is 0.281 e. The largest absolute Gasteiger partial charge is 0.354 e. The van der Waals surface area contributed by atoms with Crippen molar-refractivity contribution in [3.8, 4) is 11.4 Å². The van der Waals surface area contributed by atoms with Crippen LogP contribution in [0.5, 0.6) is 0 Å². The Morgan fingerprint density at radius 2 is 1.86 bits per heavy atom. The number of anilines is 1. The SMILES string of the molecule is CN(C)S(=O)(=O)N1CCCN(c2ccc3nnc(-c4cccc(F)c4)n3n2)CC1. The summed E-state index contributed by atoms with van der Waals surface area (Å²) in [5.41, 5.74) is 1.14. The molecule has 1 saturated heterocycles. The first kappa shape index (κ1) is 19.7. The zero-order valence-corrected chi connectivity index (χ0v) is 17.0. The van der Waals surface area contributed by atoms with E-state index in [-0.39, 0.29) is 5.82 Å². The lowest BCUT2D eigenvalue weighted by Crippen LogP contribution is -2.42.